The van der Waals surface area contributed by atoms with Gasteiger partial charge in [0.05, 0.1) is 13.2 Å². The third-order valence-electron chi connectivity index (χ3n) is 1.25. The van der Waals surface area contributed by atoms with Crippen molar-refractivity contribution < 1.29 is 9.47 Å². The maximum Gasteiger partial charge on any atom is 0.256 e. The van der Waals surface area contributed by atoms with Crippen molar-refractivity contribution in [3.05, 3.63) is 0 Å². The van der Waals surface area contributed by atoms with E-state index in [0.29, 0.717) is 13.2 Å². The van der Waals surface area contributed by atoms with Gasteiger partial charge in [-0.05, 0) is 6.42 Å². The van der Waals surface area contributed by atoms with Gasteiger partial charge >= 0.3 is 0 Å². The molecule has 3 heteroatoms. The van der Waals surface area contributed by atoms with E-state index in [4.69, 9.17) is 14.7 Å². The van der Waals surface area contributed by atoms with Crippen LogP contribution >= 0.6 is 0 Å². The van der Waals surface area contributed by atoms with E-state index in [0.717, 1.165) is 6.42 Å². The quantitative estimate of drug-likeness (QED) is 0.480. The average molecular weight is 127 g/mol. The van der Waals surface area contributed by atoms with E-state index in [2.05, 4.69) is 0 Å². The van der Waals surface area contributed by atoms with Crippen LogP contribution in [0.25, 0.3) is 0 Å². The van der Waals surface area contributed by atoms with Crippen molar-refractivity contribution in [2.24, 2.45) is 0 Å². The first-order valence-electron chi connectivity index (χ1n) is 2.96. The molecule has 0 unspecified atom stereocenters. The van der Waals surface area contributed by atoms with Crippen LogP contribution in [0, 0.1) is 11.3 Å². The summed E-state index contributed by atoms with van der Waals surface area (Å²) in [4.78, 5) is 0. The summed E-state index contributed by atoms with van der Waals surface area (Å²) < 4.78 is 10.1. The van der Waals surface area contributed by atoms with Crippen LogP contribution in [-0.4, -0.2) is 19.0 Å². The zero-order valence-electron chi connectivity index (χ0n) is 5.39. The second-order valence-electron chi connectivity index (χ2n) is 2.11. The second-order valence-corrected chi connectivity index (χ2v) is 2.11. The lowest BCUT2D eigenvalue weighted by atomic mass is 10.3. The van der Waals surface area contributed by atoms with E-state index in [1.165, 1.54) is 0 Å². The summed E-state index contributed by atoms with van der Waals surface area (Å²) >= 11 is 0. The molecule has 1 saturated heterocycles. The highest BCUT2D eigenvalue weighted by molar-refractivity contribution is 4.91. The highest BCUT2D eigenvalue weighted by atomic mass is 16.7. The minimum absolute atomic E-state index is 0.629. The SMILES string of the molecule is CC1(C#N)OCCCO1. The van der Waals surface area contributed by atoms with Crippen molar-refractivity contribution in [2.75, 3.05) is 13.2 Å². The summed E-state index contributed by atoms with van der Waals surface area (Å²) in [6.45, 7) is 2.89. The Morgan fingerprint density at radius 3 is 2.33 bits per heavy atom. The molecule has 3 nitrogen and oxygen atoms in total. The molecule has 0 N–H and O–H groups in total. The summed E-state index contributed by atoms with van der Waals surface area (Å²) in [7, 11) is 0. The van der Waals surface area contributed by atoms with Gasteiger partial charge < -0.3 is 9.47 Å². The van der Waals surface area contributed by atoms with Crippen LogP contribution in [-0.2, 0) is 9.47 Å². The summed E-state index contributed by atoms with van der Waals surface area (Å²) in [6, 6.07) is 1.94. The van der Waals surface area contributed by atoms with Crippen molar-refractivity contribution in [2.45, 2.75) is 19.1 Å². The Kier molecular flexibility index (Phi) is 1.70. The minimum Gasteiger partial charge on any atom is -0.338 e. The third kappa shape index (κ3) is 1.41. The van der Waals surface area contributed by atoms with Crippen LogP contribution in [0.4, 0.5) is 0 Å². The molecule has 1 aliphatic rings. The van der Waals surface area contributed by atoms with Gasteiger partial charge in [-0.2, -0.15) is 5.26 Å². The van der Waals surface area contributed by atoms with Crippen molar-refractivity contribution in [1.29, 1.82) is 5.26 Å². The zero-order chi connectivity index (χ0) is 6.74. The molecule has 0 radical (unpaired) electrons. The van der Waals surface area contributed by atoms with Crippen molar-refractivity contribution >= 4 is 0 Å². The Bertz CT molecular complexity index is 132. The molecule has 0 aromatic heterocycles. The number of nitriles is 1. The molecule has 1 fully saturated rings. The number of rotatable bonds is 0. The Hall–Kier alpha value is -0.590. The van der Waals surface area contributed by atoms with Gasteiger partial charge in [-0.25, -0.2) is 0 Å². The van der Waals surface area contributed by atoms with E-state index >= 15 is 0 Å². The van der Waals surface area contributed by atoms with E-state index in [1.54, 1.807) is 6.92 Å². The lowest BCUT2D eigenvalue weighted by Gasteiger charge is -2.26. The standard InChI is InChI=1S/C6H9NO2/c1-6(5-7)8-3-2-4-9-6/h2-4H2,1H3. The average Bonchev–Trinajstić information content (AvgIpc) is 1.90. The molecular weight excluding hydrogens is 118 g/mol. The van der Waals surface area contributed by atoms with Crippen LogP contribution in [0.5, 0.6) is 0 Å². The predicted octanol–water partition coefficient (Wildman–Crippen LogP) is 0.663. The van der Waals surface area contributed by atoms with Crippen LogP contribution in [0.2, 0.25) is 0 Å². The fourth-order valence-corrected chi connectivity index (χ4v) is 0.699. The van der Waals surface area contributed by atoms with Gasteiger partial charge in [0.1, 0.15) is 6.07 Å². The summed E-state index contributed by atoms with van der Waals surface area (Å²) in [5, 5.41) is 8.45. The van der Waals surface area contributed by atoms with Gasteiger partial charge in [0.2, 0.25) is 0 Å². The smallest absolute Gasteiger partial charge is 0.256 e. The first-order chi connectivity index (χ1) is 4.27. The van der Waals surface area contributed by atoms with E-state index in [9.17, 15) is 0 Å². The first-order valence-corrected chi connectivity index (χ1v) is 2.96. The zero-order valence-corrected chi connectivity index (χ0v) is 5.39. The number of nitrogens with zero attached hydrogens (tertiary/aromatic N) is 1. The fraction of sp³-hybridized carbons (Fsp3) is 0.833. The predicted molar refractivity (Wildman–Crippen MR) is 30.5 cm³/mol. The second kappa shape index (κ2) is 2.34. The molecule has 0 aromatic rings. The summed E-state index contributed by atoms with van der Waals surface area (Å²) in [5.41, 5.74) is 0. The molecule has 0 spiro atoms. The van der Waals surface area contributed by atoms with Crippen LogP contribution in [0.15, 0.2) is 0 Å². The van der Waals surface area contributed by atoms with Gasteiger partial charge in [-0.1, -0.05) is 0 Å². The minimum atomic E-state index is -0.974. The molecule has 0 aromatic carbocycles. The van der Waals surface area contributed by atoms with Crippen molar-refractivity contribution in [3.63, 3.8) is 0 Å². The molecule has 0 atom stereocenters. The Labute approximate surface area is 54.2 Å². The molecular formula is C6H9NO2. The molecule has 0 aliphatic carbocycles. The highest BCUT2D eigenvalue weighted by Crippen LogP contribution is 2.15. The maximum atomic E-state index is 8.45. The molecule has 0 bridgehead atoms. The highest BCUT2D eigenvalue weighted by Gasteiger charge is 2.27. The van der Waals surface area contributed by atoms with Crippen molar-refractivity contribution in [3.8, 4) is 6.07 Å². The van der Waals surface area contributed by atoms with Crippen LogP contribution < -0.4 is 0 Å². The fourth-order valence-electron chi connectivity index (χ4n) is 0.699. The Morgan fingerprint density at radius 2 is 2.00 bits per heavy atom. The largest absolute Gasteiger partial charge is 0.338 e. The summed E-state index contributed by atoms with van der Waals surface area (Å²) in [6.07, 6.45) is 0.886. The first kappa shape index (κ1) is 6.53. The normalized spacial score (nSPS) is 24.9. The Morgan fingerprint density at radius 1 is 1.44 bits per heavy atom. The van der Waals surface area contributed by atoms with Crippen molar-refractivity contribution in [1.82, 2.24) is 0 Å². The van der Waals surface area contributed by atoms with Crippen LogP contribution in [0.3, 0.4) is 0 Å². The topological polar surface area (TPSA) is 42.2 Å². The lowest BCUT2D eigenvalue weighted by molar-refractivity contribution is -0.219. The monoisotopic (exact) mass is 127 g/mol. The lowest BCUT2D eigenvalue weighted by Crippen LogP contribution is -2.35. The van der Waals surface area contributed by atoms with E-state index in [1.807, 2.05) is 6.07 Å². The molecule has 50 valence electrons. The van der Waals surface area contributed by atoms with E-state index in [-0.39, 0.29) is 0 Å². The molecule has 1 rings (SSSR count). The van der Waals surface area contributed by atoms with E-state index < -0.39 is 5.79 Å². The Balaban J connectivity index is 2.49. The number of hydrogen-bond acceptors (Lipinski definition) is 3. The molecule has 1 heterocycles. The summed E-state index contributed by atoms with van der Waals surface area (Å²) in [5.74, 6) is -0.974. The molecule has 0 amide bonds. The van der Waals surface area contributed by atoms with Gasteiger partial charge in [-0.15, -0.1) is 0 Å². The molecule has 9 heavy (non-hydrogen) atoms. The number of ether oxygens (including phenoxy) is 2. The molecule has 1 aliphatic heterocycles. The van der Waals surface area contributed by atoms with Gasteiger partial charge in [0, 0.05) is 6.92 Å². The van der Waals surface area contributed by atoms with Gasteiger partial charge in [0.15, 0.2) is 0 Å². The number of hydrogen-bond donors (Lipinski definition) is 0. The van der Waals surface area contributed by atoms with Gasteiger partial charge in [-0.3, -0.25) is 0 Å². The molecule has 0 saturated carbocycles. The van der Waals surface area contributed by atoms with Crippen LogP contribution in [0.1, 0.15) is 13.3 Å². The van der Waals surface area contributed by atoms with Gasteiger partial charge in [0.25, 0.3) is 5.79 Å². The third-order valence-corrected chi connectivity index (χ3v) is 1.25. The maximum absolute atomic E-state index is 8.45.